The number of carbonyl (C=O) groups is 2. The van der Waals surface area contributed by atoms with Gasteiger partial charge in [0.25, 0.3) is 5.91 Å². The number of aryl methyl sites for hydroxylation is 1. The summed E-state index contributed by atoms with van der Waals surface area (Å²) >= 11 is 0. The van der Waals surface area contributed by atoms with Gasteiger partial charge in [-0.05, 0) is 31.0 Å². The van der Waals surface area contributed by atoms with E-state index < -0.39 is 12.1 Å². The van der Waals surface area contributed by atoms with Gasteiger partial charge in [-0.2, -0.15) is 13.2 Å². The number of imidazole rings is 1. The van der Waals surface area contributed by atoms with E-state index in [1.807, 2.05) is 42.0 Å². The minimum Gasteiger partial charge on any atom is -0.475 e. The first-order valence-corrected chi connectivity index (χ1v) is 11.5. The highest BCUT2D eigenvalue weighted by molar-refractivity contribution is 5.92. The number of anilines is 1. The summed E-state index contributed by atoms with van der Waals surface area (Å²) < 4.78 is 39.0. The van der Waals surface area contributed by atoms with Crippen molar-refractivity contribution in [2.24, 2.45) is 7.05 Å². The third kappa shape index (κ3) is 6.94. The molecule has 1 fully saturated rings. The van der Waals surface area contributed by atoms with Crippen LogP contribution >= 0.6 is 0 Å². The van der Waals surface area contributed by atoms with Crippen molar-refractivity contribution in [2.75, 3.05) is 45.3 Å². The van der Waals surface area contributed by atoms with Crippen LogP contribution in [0.3, 0.4) is 0 Å². The fraction of sp³-hybridized carbons (Fsp3) is 0.458. The van der Waals surface area contributed by atoms with Crippen molar-refractivity contribution in [3.8, 4) is 0 Å². The number of carbonyl (C=O) groups excluding carboxylic acids is 1. The Hall–Kier alpha value is -3.74. The van der Waals surface area contributed by atoms with Crippen LogP contribution < -0.4 is 4.90 Å². The number of alkyl halides is 3. The Morgan fingerprint density at radius 1 is 1.22 bits per heavy atom. The molecular weight excluding hydrogens is 493 g/mol. The summed E-state index contributed by atoms with van der Waals surface area (Å²) in [4.78, 5) is 39.3. The van der Waals surface area contributed by atoms with Crippen LogP contribution in [0.25, 0.3) is 11.0 Å². The molecule has 1 N–H and O–H groups in total. The third-order valence-corrected chi connectivity index (χ3v) is 6.03. The second-order valence-electron chi connectivity index (χ2n) is 8.59. The van der Waals surface area contributed by atoms with Crippen LogP contribution in [-0.4, -0.2) is 88.0 Å². The van der Waals surface area contributed by atoms with Gasteiger partial charge in [0.2, 0.25) is 0 Å². The number of methoxy groups -OCH3 is 1. The fourth-order valence-electron chi connectivity index (χ4n) is 3.97. The van der Waals surface area contributed by atoms with Gasteiger partial charge in [0.05, 0.1) is 18.5 Å². The predicted molar refractivity (Wildman–Crippen MR) is 129 cm³/mol. The van der Waals surface area contributed by atoms with E-state index in [0.29, 0.717) is 31.3 Å². The molecular formula is C24H29F3N6O4. The van der Waals surface area contributed by atoms with E-state index in [1.165, 1.54) is 0 Å². The molecule has 0 aromatic carbocycles. The van der Waals surface area contributed by atoms with E-state index in [1.54, 1.807) is 19.4 Å². The molecule has 1 amide bonds. The predicted octanol–water partition coefficient (Wildman–Crippen LogP) is 3.10. The zero-order valence-electron chi connectivity index (χ0n) is 20.8. The van der Waals surface area contributed by atoms with E-state index in [9.17, 15) is 18.0 Å². The summed E-state index contributed by atoms with van der Waals surface area (Å²) in [6.45, 7) is 2.79. The number of ether oxygens (including phenoxy) is 1. The largest absolute Gasteiger partial charge is 0.490 e. The number of nitrogens with zero attached hydrogens (tertiary/aromatic N) is 6. The number of halogens is 3. The molecule has 1 saturated heterocycles. The number of likely N-dealkylation sites (tertiary alicyclic amines) is 1. The maximum atomic E-state index is 12.7. The Bertz CT molecular complexity index is 1210. The highest BCUT2D eigenvalue weighted by Crippen LogP contribution is 2.32. The lowest BCUT2D eigenvalue weighted by Crippen LogP contribution is -2.38. The van der Waals surface area contributed by atoms with Crippen LogP contribution in [0.2, 0.25) is 0 Å². The van der Waals surface area contributed by atoms with Crippen LogP contribution in [0.1, 0.15) is 34.9 Å². The molecule has 4 heterocycles. The van der Waals surface area contributed by atoms with Crippen LogP contribution in [0.15, 0.2) is 36.8 Å². The monoisotopic (exact) mass is 522 g/mol. The topological polar surface area (TPSA) is 114 Å². The molecule has 37 heavy (non-hydrogen) atoms. The number of amides is 1. The molecule has 3 aromatic rings. The normalized spacial score (nSPS) is 14.3. The lowest BCUT2D eigenvalue weighted by molar-refractivity contribution is -0.192. The Morgan fingerprint density at radius 2 is 1.89 bits per heavy atom. The van der Waals surface area contributed by atoms with Crippen LogP contribution in [0.5, 0.6) is 0 Å². The van der Waals surface area contributed by atoms with Gasteiger partial charge < -0.3 is 24.2 Å². The van der Waals surface area contributed by atoms with Gasteiger partial charge >= 0.3 is 12.1 Å². The van der Waals surface area contributed by atoms with E-state index in [2.05, 4.69) is 20.9 Å². The average molecular weight is 523 g/mol. The smallest absolute Gasteiger partial charge is 0.475 e. The van der Waals surface area contributed by atoms with Gasteiger partial charge in [-0.25, -0.2) is 14.8 Å². The molecule has 1 aliphatic heterocycles. The standard InChI is InChI=1S/C22H28N6O2.C2HF3O2/c1-26(12-13-30-3)21-20-19(27(2)15-24-20)14-18(25-21)16-7-10-28(11-8-16)22(29)17-6-4-5-9-23-17;3-2(4,5)1(6)7/h4-6,9,14-16H,7-8,10-13H2,1-3H3;(H,6,7). The summed E-state index contributed by atoms with van der Waals surface area (Å²) in [5.74, 6) is -1.56. The molecule has 10 nitrogen and oxygen atoms in total. The molecule has 3 aromatic heterocycles. The number of rotatable bonds is 6. The number of carboxylic acid groups (broad SMARTS) is 1. The van der Waals surface area contributed by atoms with Crippen molar-refractivity contribution in [3.05, 3.63) is 48.2 Å². The van der Waals surface area contributed by atoms with Crippen LogP contribution in [0.4, 0.5) is 19.0 Å². The number of hydrogen-bond acceptors (Lipinski definition) is 7. The molecule has 200 valence electrons. The molecule has 0 radical (unpaired) electrons. The molecule has 0 unspecified atom stereocenters. The summed E-state index contributed by atoms with van der Waals surface area (Å²) in [5.41, 5.74) is 3.55. The van der Waals surface area contributed by atoms with E-state index >= 15 is 0 Å². The molecule has 0 bridgehead atoms. The molecule has 0 aliphatic carbocycles. The van der Waals surface area contributed by atoms with E-state index in [-0.39, 0.29) is 5.91 Å². The van der Waals surface area contributed by atoms with Gasteiger partial charge in [-0.1, -0.05) is 6.07 Å². The SMILES string of the molecule is COCCN(C)c1nc(C2CCN(C(=O)c3ccccn3)CC2)cc2c1ncn2C.O=C(O)C(F)(F)F. The summed E-state index contributed by atoms with van der Waals surface area (Å²) in [6, 6.07) is 7.59. The highest BCUT2D eigenvalue weighted by Gasteiger charge is 2.38. The van der Waals surface area contributed by atoms with Crippen molar-refractivity contribution >= 4 is 28.7 Å². The quantitative estimate of drug-likeness (QED) is 0.526. The second-order valence-corrected chi connectivity index (χ2v) is 8.59. The van der Waals surface area contributed by atoms with Crippen molar-refractivity contribution in [1.29, 1.82) is 0 Å². The van der Waals surface area contributed by atoms with Crippen molar-refractivity contribution in [1.82, 2.24) is 24.4 Å². The first-order valence-electron chi connectivity index (χ1n) is 11.5. The number of pyridine rings is 2. The maximum absolute atomic E-state index is 12.7. The third-order valence-electron chi connectivity index (χ3n) is 6.03. The number of piperidine rings is 1. The van der Waals surface area contributed by atoms with Crippen molar-refractivity contribution in [3.63, 3.8) is 0 Å². The number of aliphatic carboxylic acids is 1. The Morgan fingerprint density at radius 3 is 2.46 bits per heavy atom. The molecule has 0 saturated carbocycles. The van der Waals surface area contributed by atoms with Crippen LogP contribution in [-0.2, 0) is 16.6 Å². The minimum absolute atomic E-state index is 0.00378. The molecule has 0 spiro atoms. The number of hydrogen-bond donors (Lipinski definition) is 1. The Kier molecular flexibility index (Phi) is 9.03. The number of fused-ring (bicyclic) bond motifs is 1. The van der Waals surface area contributed by atoms with Crippen LogP contribution in [0, 0.1) is 0 Å². The van der Waals surface area contributed by atoms with E-state index in [4.69, 9.17) is 19.6 Å². The lowest BCUT2D eigenvalue weighted by atomic mass is 9.92. The fourth-order valence-corrected chi connectivity index (χ4v) is 3.97. The molecule has 13 heteroatoms. The maximum Gasteiger partial charge on any atom is 0.490 e. The van der Waals surface area contributed by atoms with Gasteiger partial charge in [-0.3, -0.25) is 9.78 Å². The number of likely N-dealkylation sites (N-methyl/N-ethyl adjacent to an activating group) is 1. The summed E-state index contributed by atoms with van der Waals surface area (Å²) in [5, 5.41) is 7.12. The van der Waals surface area contributed by atoms with Gasteiger partial charge in [-0.15, -0.1) is 0 Å². The van der Waals surface area contributed by atoms with Crippen molar-refractivity contribution in [2.45, 2.75) is 24.9 Å². The van der Waals surface area contributed by atoms with Gasteiger partial charge in [0.15, 0.2) is 5.82 Å². The number of aromatic nitrogens is 4. The molecule has 1 aliphatic rings. The molecule has 0 atom stereocenters. The zero-order valence-corrected chi connectivity index (χ0v) is 20.8. The second kappa shape index (κ2) is 12.0. The average Bonchev–Trinajstić information content (AvgIpc) is 3.27. The van der Waals surface area contributed by atoms with Gasteiger partial charge in [0, 0.05) is 58.6 Å². The zero-order chi connectivity index (χ0) is 27.2. The molecule has 4 rings (SSSR count). The lowest BCUT2D eigenvalue weighted by Gasteiger charge is -2.32. The first kappa shape index (κ1) is 27.8. The van der Waals surface area contributed by atoms with Crippen molar-refractivity contribution < 1.29 is 32.6 Å². The van der Waals surface area contributed by atoms with Gasteiger partial charge in [0.1, 0.15) is 11.2 Å². The minimum atomic E-state index is -5.08. The first-order chi connectivity index (χ1) is 17.5. The van der Waals surface area contributed by atoms with E-state index in [0.717, 1.165) is 41.9 Å². The number of carboxylic acids is 1. The Labute approximate surface area is 211 Å². The summed E-state index contributed by atoms with van der Waals surface area (Å²) in [7, 11) is 5.73. The Balaban J connectivity index is 0.000000479. The summed E-state index contributed by atoms with van der Waals surface area (Å²) in [6.07, 6.45) is 0.179. The highest BCUT2D eigenvalue weighted by atomic mass is 19.4.